The maximum atomic E-state index is 13.8. The van der Waals surface area contributed by atoms with Crippen molar-refractivity contribution >= 4 is 17.5 Å². The fourth-order valence-electron chi connectivity index (χ4n) is 3.08. The number of benzene rings is 2. The molecule has 0 fully saturated rings. The van der Waals surface area contributed by atoms with Crippen molar-refractivity contribution in [1.82, 2.24) is 14.7 Å². The summed E-state index contributed by atoms with van der Waals surface area (Å²) >= 11 is 0. The zero-order valence-corrected chi connectivity index (χ0v) is 17.0. The van der Waals surface area contributed by atoms with Gasteiger partial charge in [0.1, 0.15) is 6.54 Å². The van der Waals surface area contributed by atoms with Crippen LogP contribution in [0.5, 0.6) is 0 Å². The molecule has 162 valence electrons. The molecule has 0 aliphatic rings. The number of nitrogens with zero attached hydrogens (tertiary/aromatic N) is 3. The molecule has 6 nitrogen and oxygen atoms in total. The summed E-state index contributed by atoms with van der Waals surface area (Å²) in [6.07, 6.45) is 0.566. The van der Waals surface area contributed by atoms with Gasteiger partial charge >= 0.3 is 0 Å². The lowest BCUT2D eigenvalue weighted by Gasteiger charge is -2.20. The summed E-state index contributed by atoms with van der Waals surface area (Å²) in [6, 6.07) is 12.5. The molecule has 9 heteroatoms. The van der Waals surface area contributed by atoms with Crippen LogP contribution in [0.15, 0.2) is 48.5 Å². The molecule has 31 heavy (non-hydrogen) atoms. The second-order valence-electron chi connectivity index (χ2n) is 6.92. The normalized spacial score (nSPS) is 10.7. The van der Waals surface area contributed by atoms with Crippen LogP contribution in [0.3, 0.4) is 0 Å². The quantitative estimate of drug-likeness (QED) is 0.574. The minimum absolute atomic E-state index is 0.154. The summed E-state index contributed by atoms with van der Waals surface area (Å²) in [5.41, 5.74) is 1.17. The first-order valence-electron chi connectivity index (χ1n) is 9.66. The fraction of sp³-hybridized carbons (Fsp3) is 0.227. The summed E-state index contributed by atoms with van der Waals surface area (Å²) in [7, 11) is 0. The van der Waals surface area contributed by atoms with Crippen LogP contribution in [0.1, 0.15) is 29.5 Å². The van der Waals surface area contributed by atoms with E-state index in [2.05, 4.69) is 10.4 Å². The number of halogens is 3. The molecule has 0 aliphatic carbocycles. The van der Waals surface area contributed by atoms with Crippen LogP contribution in [0, 0.1) is 24.4 Å². The number of anilines is 1. The average molecular weight is 430 g/mol. The van der Waals surface area contributed by atoms with E-state index in [0.717, 1.165) is 17.4 Å². The fourth-order valence-corrected chi connectivity index (χ4v) is 3.08. The number of amides is 2. The van der Waals surface area contributed by atoms with Gasteiger partial charge in [-0.05, 0) is 43.7 Å². The highest BCUT2D eigenvalue weighted by atomic mass is 19.2. The summed E-state index contributed by atoms with van der Waals surface area (Å²) in [4.78, 5) is 26.6. The van der Waals surface area contributed by atoms with Crippen molar-refractivity contribution in [2.45, 2.75) is 20.3 Å². The highest BCUT2D eigenvalue weighted by Crippen LogP contribution is 2.20. The third kappa shape index (κ3) is 4.93. The van der Waals surface area contributed by atoms with Crippen molar-refractivity contribution in [3.63, 3.8) is 0 Å². The Balaban J connectivity index is 1.77. The molecule has 0 radical (unpaired) electrons. The third-order valence-electron chi connectivity index (χ3n) is 4.53. The van der Waals surface area contributed by atoms with Gasteiger partial charge in [0.05, 0.1) is 11.4 Å². The number of carbonyl (C=O) groups is 2. The molecular weight excluding hydrogens is 409 g/mol. The van der Waals surface area contributed by atoms with Crippen molar-refractivity contribution in [3.05, 3.63) is 77.4 Å². The van der Waals surface area contributed by atoms with Crippen LogP contribution < -0.4 is 5.32 Å². The van der Waals surface area contributed by atoms with Crippen LogP contribution in [-0.4, -0.2) is 39.6 Å². The second-order valence-corrected chi connectivity index (χ2v) is 6.92. The molecule has 0 atom stereocenters. The number of nitrogens with one attached hydrogen (secondary N) is 1. The Bertz CT molecular complexity index is 1100. The first-order chi connectivity index (χ1) is 14.8. The topological polar surface area (TPSA) is 67.2 Å². The van der Waals surface area contributed by atoms with Crippen LogP contribution in [-0.2, 0) is 4.79 Å². The lowest BCUT2D eigenvalue weighted by molar-refractivity contribution is -0.116. The summed E-state index contributed by atoms with van der Waals surface area (Å²) in [5.74, 6) is -5.76. The van der Waals surface area contributed by atoms with E-state index in [1.165, 1.54) is 4.90 Å². The molecule has 0 saturated heterocycles. The minimum Gasteiger partial charge on any atom is -0.328 e. The molecule has 1 heterocycles. The van der Waals surface area contributed by atoms with Gasteiger partial charge in [0.2, 0.25) is 5.91 Å². The van der Waals surface area contributed by atoms with Gasteiger partial charge in [0.15, 0.2) is 23.1 Å². The van der Waals surface area contributed by atoms with Crippen LogP contribution in [0.25, 0.3) is 5.69 Å². The highest BCUT2D eigenvalue weighted by molar-refractivity contribution is 5.98. The Morgan fingerprint density at radius 1 is 1.06 bits per heavy atom. The molecule has 2 aromatic carbocycles. The first kappa shape index (κ1) is 22.1. The molecule has 0 bridgehead atoms. The number of hydrogen-bond acceptors (Lipinski definition) is 3. The van der Waals surface area contributed by atoms with Gasteiger partial charge in [-0.1, -0.05) is 25.1 Å². The van der Waals surface area contributed by atoms with Gasteiger partial charge in [-0.2, -0.15) is 5.10 Å². The van der Waals surface area contributed by atoms with Crippen molar-refractivity contribution in [2.75, 3.05) is 18.4 Å². The molecule has 2 amide bonds. The van der Waals surface area contributed by atoms with Gasteiger partial charge in [-0.25, -0.2) is 17.9 Å². The summed E-state index contributed by atoms with van der Waals surface area (Å²) < 4.78 is 41.9. The predicted octanol–water partition coefficient (Wildman–Crippen LogP) is 4.09. The smallest absolute Gasteiger partial charge is 0.274 e. The molecular formula is C22H21F3N4O2. The number of aromatic nitrogens is 2. The lowest BCUT2D eigenvalue weighted by atomic mass is 10.2. The predicted molar refractivity (Wildman–Crippen MR) is 109 cm³/mol. The number of aryl methyl sites for hydroxylation is 1. The van der Waals surface area contributed by atoms with Crippen molar-refractivity contribution in [3.8, 4) is 5.69 Å². The van der Waals surface area contributed by atoms with E-state index < -0.39 is 41.5 Å². The maximum Gasteiger partial charge on any atom is 0.274 e. The second kappa shape index (κ2) is 9.46. The van der Waals surface area contributed by atoms with E-state index >= 15 is 0 Å². The van der Waals surface area contributed by atoms with Gasteiger partial charge < -0.3 is 10.2 Å². The molecule has 0 spiro atoms. The standard InChI is InChI=1S/C22H21F3N4O2/c1-3-11-28(13-19(30)26-17-10-9-16(23)20(24)21(17)25)22(31)18-12-14(2)29(27-18)15-7-5-4-6-8-15/h4-10,12H,3,11,13H2,1-2H3,(H,26,30). The number of para-hydroxylation sites is 1. The van der Waals surface area contributed by atoms with Gasteiger partial charge in [0.25, 0.3) is 5.91 Å². The molecule has 0 aliphatic heterocycles. The molecule has 1 N–H and O–H groups in total. The Kier molecular flexibility index (Phi) is 6.74. The van der Waals surface area contributed by atoms with E-state index in [9.17, 15) is 22.8 Å². The van der Waals surface area contributed by atoms with Crippen LogP contribution in [0.4, 0.5) is 18.9 Å². The van der Waals surface area contributed by atoms with Crippen molar-refractivity contribution < 1.29 is 22.8 Å². The van der Waals surface area contributed by atoms with Crippen LogP contribution >= 0.6 is 0 Å². The molecule has 3 rings (SSSR count). The number of carbonyl (C=O) groups excluding carboxylic acids is 2. The SMILES string of the molecule is CCCN(CC(=O)Nc1ccc(F)c(F)c1F)C(=O)c1cc(C)n(-c2ccccc2)n1. The van der Waals surface area contributed by atoms with E-state index in [4.69, 9.17) is 0 Å². The minimum atomic E-state index is -1.68. The molecule has 1 aromatic heterocycles. The maximum absolute atomic E-state index is 13.8. The number of rotatable bonds is 7. The zero-order chi connectivity index (χ0) is 22.5. The first-order valence-corrected chi connectivity index (χ1v) is 9.66. The third-order valence-corrected chi connectivity index (χ3v) is 4.53. The summed E-state index contributed by atoms with van der Waals surface area (Å²) in [6.45, 7) is 3.49. The van der Waals surface area contributed by atoms with Crippen molar-refractivity contribution in [2.24, 2.45) is 0 Å². The van der Waals surface area contributed by atoms with Crippen molar-refractivity contribution in [1.29, 1.82) is 0 Å². The van der Waals surface area contributed by atoms with E-state index in [1.807, 2.05) is 37.3 Å². The Morgan fingerprint density at radius 2 is 1.77 bits per heavy atom. The molecule has 0 unspecified atom stereocenters. The summed E-state index contributed by atoms with van der Waals surface area (Å²) in [5, 5.41) is 6.53. The Hall–Kier alpha value is -3.62. The number of hydrogen-bond donors (Lipinski definition) is 1. The largest absolute Gasteiger partial charge is 0.328 e. The Labute approximate surface area is 177 Å². The van der Waals surface area contributed by atoms with Gasteiger partial charge in [-0.3, -0.25) is 9.59 Å². The van der Waals surface area contributed by atoms with E-state index in [1.54, 1.807) is 17.7 Å². The van der Waals surface area contributed by atoms with E-state index in [0.29, 0.717) is 12.5 Å². The Morgan fingerprint density at radius 3 is 2.45 bits per heavy atom. The van der Waals surface area contributed by atoms with Crippen LogP contribution in [0.2, 0.25) is 0 Å². The molecule has 0 saturated carbocycles. The zero-order valence-electron chi connectivity index (χ0n) is 17.0. The highest BCUT2D eigenvalue weighted by Gasteiger charge is 2.23. The lowest BCUT2D eigenvalue weighted by Crippen LogP contribution is -2.39. The van der Waals surface area contributed by atoms with Gasteiger partial charge in [0, 0.05) is 12.2 Å². The molecule has 3 aromatic rings. The average Bonchev–Trinajstić information content (AvgIpc) is 3.15. The van der Waals surface area contributed by atoms with E-state index in [-0.39, 0.29) is 12.2 Å². The monoisotopic (exact) mass is 430 g/mol. The van der Waals surface area contributed by atoms with Gasteiger partial charge in [-0.15, -0.1) is 0 Å².